The minimum Gasteiger partial charge on any atom is -0.361 e. The van der Waals surface area contributed by atoms with Gasteiger partial charge in [0, 0.05) is 91.6 Å². The quantitative estimate of drug-likeness (QED) is 0.0412. The topological polar surface area (TPSA) is 202 Å². The van der Waals surface area contributed by atoms with Crippen molar-refractivity contribution in [3.63, 3.8) is 0 Å². The number of nitrogens with zero attached hydrogens (tertiary/aromatic N) is 4. The summed E-state index contributed by atoms with van der Waals surface area (Å²) >= 11 is 4.18. The Bertz CT molecular complexity index is 2070. The molecule has 2 aromatic carbocycles. The lowest BCUT2D eigenvalue weighted by Gasteiger charge is -2.30. The van der Waals surface area contributed by atoms with Gasteiger partial charge in [-0.1, -0.05) is 42.5 Å². The number of aromatic nitrogens is 3. The average Bonchev–Trinajstić information content (AvgIpc) is 3.82. The lowest BCUT2D eigenvalue weighted by molar-refractivity contribution is -0.144. The first kappa shape index (κ1) is 41.3. The molecule has 0 aliphatic heterocycles. The van der Waals surface area contributed by atoms with E-state index in [9.17, 15) is 24.0 Å². The number of hydrogen-bond donors (Lipinski definition) is 7. The number of aromatic amines is 2. The highest BCUT2D eigenvalue weighted by atomic mass is 32.1. The van der Waals surface area contributed by atoms with Crippen LogP contribution in [0.4, 0.5) is 4.79 Å². The summed E-state index contributed by atoms with van der Waals surface area (Å²) in [7, 11) is 0. The molecule has 5 rings (SSSR count). The Morgan fingerprint density at radius 3 is 1.86 bits per heavy atom. The Kier molecular flexibility index (Phi) is 15.7. The minimum absolute atomic E-state index is 0.0273. The van der Waals surface area contributed by atoms with E-state index >= 15 is 0 Å². The summed E-state index contributed by atoms with van der Waals surface area (Å²) in [6.45, 7) is 0.611. The van der Waals surface area contributed by atoms with Gasteiger partial charge in [-0.25, -0.2) is 4.79 Å². The Hall–Kier alpha value is -5.87. The summed E-state index contributed by atoms with van der Waals surface area (Å²) in [6, 6.07) is 18.7. The Morgan fingerprint density at radius 2 is 1.29 bits per heavy atom. The molecular formula is C40H50N10O5S. The number of H-pyrrole nitrogens is 2. The number of urea groups is 1. The van der Waals surface area contributed by atoms with Crippen LogP contribution in [0.3, 0.4) is 0 Å². The van der Waals surface area contributed by atoms with Gasteiger partial charge in [-0.15, -0.1) is 0 Å². The van der Waals surface area contributed by atoms with E-state index in [1.165, 1.54) is 14.7 Å². The van der Waals surface area contributed by atoms with Crippen LogP contribution in [0.1, 0.15) is 23.1 Å². The normalized spacial score (nSPS) is 11.0. The van der Waals surface area contributed by atoms with Gasteiger partial charge in [0.25, 0.3) is 0 Å². The van der Waals surface area contributed by atoms with E-state index in [1.807, 2.05) is 73.1 Å². The van der Waals surface area contributed by atoms with Crippen LogP contribution in [0, 0.1) is 0 Å². The number of amides is 6. The number of nitrogens with one attached hydrogen (secondary N) is 5. The summed E-state index contributed by atoms with van der Waals surface area (Å²) in [6.07, 6.45) is 8.44. The molecule has 0 saturated heterocycles. The molecule has 296 valence electrons. The molecule has 3 heterocycles. The highest BCUT2D eigenvalue weighted by molar-refractivity contribution is 7.80. The number of para-hydroxylation sites is 2. The molecule has 5 aromatic rings. The van der Waals surface area contributed by atoms with Crippen molar-refractivity contribution in [3.8, 4) is 0 Å². The van der Waals surface area contributed by atoms with Crippen LogP contribution in [0.15, 0.2) is 85.5 Å². The summed E-state index contributed by atoms with van der Waals surface area (Å²) in [4.78, 5) is 81.3. The van der Waals surface area contributed by atoms with Gasteiger partial charge < -0.3 is 46.4 Å². The highest BCUT2D eigenvalue weighted by Gasteiger charge is 2.26. The maximum absolute atomic E-state index is 14.2. The second-order valence-corrected chi connectivity index (χ2v) is 13.8. The van der Waals surface area contributed by atoms with E-state index in [1.54, 1.807) is 12.4 Å². The smallest absolute Gasteiger partial charge is 0.312 e. The van der Waals surface area contributed by atoms with E-state index in [0.29, 0.717) is 38.1 Å². The summed E-state index contributed by atoms with van der Waals surface area (Å²) in [5, 5.41) is 10.5. The van der Waals surface area contributed by atoms with E-state index in [2.05, 4.69) is 43.5 Å². The summed E-state index contributed by atoms with van der Waals surface area (Å²) in [5.74, 6) is -1.08. The second-order valence-electron chi connectivity index (χ2n) is 13.3. The van der Waals surface area contributed by atoms with Crippen molar-refractivity contribution < 1.29 is 24.0 Å². The number of hydrogen-bond acceptors (Lipinski definition) is 8. The molecular weight excluding hydrogens is 733 g/mol. The molecule has 0 bridgehead atoms. The van der Waals surface area contributed by atoms with E-state index < -0.39 is 17.8 Å². The number of carbonyl (C=O) groups excluding carboxylic acids is 5. The lowest BCUT2D eigenvalue weighted by Crippen LogP contribution is -2.51. The standard InChI is InChI=1S/C40H50N10O5S/c41-40(55)45-15-6-17-48(27-39(54)49(26-36(51)44-16-20-56)18-12-30-23-46-34-10-3-1-8-32(30)34)38(53)28-50(37(52)25-43-22-29-7-5-14-42-21-29)19-13-31-24-47-35-11-4-2-9-33(31)35/h1-5,7-11,14,21,23-24,43,46-47,56H,6,12-13,15-20,22,25-28H2,(H,44,51)(H3,41,45,55). The van der Waals surface area contributed by atoms with Crippen molar-refractivity contribution in [2.24, 2.45) is 5.73 Å². The number of nitrogens with two attached hydrogens (primary N) is 1. The van der Waals surface area contributed by atoms with Crippen molar-refractivity contribution in [1.82, 2.24) is 45.6 Å². The SMILES string of the molecule is NC(=O)NCCCN(CC(=O)N(CCc1c[nH]c2ccccc12)CC(=O)NCCS)C(=O)CN(CCc1c[nH]c2ccccc12)C(=O)CNCc1cccnc1. The second kappa shape index (κ2) is 21.3. The van der Waals surface area contributed by atoms with Gasteiger partial charge in [0.05, 0.1) is 26.2 Å². The Morgan fingerprint density at radius 1 is 0.696 bits per heavy atom. The molecule has 0 unspecified atom stereocenters. The monoisotopic (exact) mass is 782 g/mol. The minimum atomic E-state index is -0.706. The maximum Gasteiger partial charge on any atom is 0.312 e. The third-order valence-electron chi connectivity index (χ3n) is 9.36. The van der Waals surface area contributed by atoms with Gasteiger partial charge in [-0.2, -0.15) is 12.6 Å². The van der Waals surface area contributed by atoms with Gasteiger partial charge in [0.1, 0.15) is 0 Å². The molecule has 0 atom stereocenters. The fourth-order valence-electron chi connectivity index (χ4n) is 6.42. The average molecular weight is 783 g/mol. The largest absolute Gasteiger partial charge is 0.361 e. The van der Waals surface area contributed by atoms with Crippen molar-refractivity contribution in [2.45, 2.75) is 25.8 Å². The summed E-state index contributed by atoms with van der Waals surface area (Å²) < 4.78 is 0. The van der Waals surface area contributed by atoms with Crippen LogP contribution < -0.4 is 21.7 Å². The number of primary amides is 1. The molecule has 0 aliphatic rings. The zero-order chi connectivity index (χ0) is 39.7. The van der Waals surface area contributed by atoms with Crippen LogP contribution in [-0.4, -0.2) is 124 Å². The molecule has 7 N–H and O–H groups in total. The predicted octanol–water partition coefficient (Wildman–Crippen LogP) is 2.21. The van der Waals surface area contributed by atoms with Gasteiger partial charge in [0.15, 0.2) is 0 Å². The molecule has 0 saturated carbocycles. The van der Waals surface area contributed by atoms with Crippen LogP contribution in [-0.2, 0) is 38.6 Å². The number of carbonyl (C=O) groups is 5. The first-order chi connectivity index (χ1) is 27.2. The first-order valence-electron chi connectivity index (χ1n) is 18.7. The maximum atomic E-state index is 14.2. The molecule has 15 nitrogen and oxygen atoms in total. The van der Waals surface area contributed by atoms with E-state index in [-0.39, 0.29) is 64.2 Å². The van der Waals surface area contributed by atoms with Gasteiger partial charge >= 0.3 is 6.03 Å². The first-order valence-corrected chi connectivity index (χ1v) is 19.3. The van der Waals surface area contributed by atoms with Crippen molar-refractivity contribution in [2.75, 3.05) is 64.7 Å². The van der Waals surface area contributed by atoms with E-state index in [4.69, 9.17) is 5.73 Å². The molecule has 0 fully saturated rings. The fourth-order valence-corrected chi connectivity index (χ4v) is 6.54. The number of fused-ring (bicyclic) bond motifs is 2. The number of rotatable bonds is 22. The zero-order valence-electron chi connectivity index (χ0n) is 31.3. The number of thiol groups is 1. The molecule has 0 aliphatic carbocycles. The zero-order valence-corrected chi connectivity index (χ0v) is 32.2. The molecule has 3 aromatic heterocycles. The lowest BCUT2D eigenvalue weighted by atomic mass is 10.1. The molecule has 0 spiro atoms. The van der Waals surface area contributed by atoms with Crippen LogP contribution in [0.2, 0.25) is 0 Å². The van der Waals surface area contributed by atoms with Crippen molar-refractivity contribution in [3.05, 3.63) is 102 Å². The Labute approximate surface area is 331 Å². The van der Waals surface area contributed by atoms with Crippen LogP contribution in [0.25, 0.3) is 21.8 Å². The highest BCUT2D eigenvalue weighted by Crippen LogP contribution is 2.20. The van der Waals surface area contributed by atoms with E-state index in [0.717, 1.165) is 38.5 Å². The molecule has 0 radical (unpaired) electrons. The van der Waals surface area contributed by atoms with Gasteiger partial charge in [-0.3, -0.25) is 24.2 Å². The van der Waals surface area contributed by atoms with Crippen molar-refractivity contribution in [1.29, 1.82) is 0 Å². The Balaban J connectivity index is 1.32. The predicted molar refractivity (Wildman–Crippen MR) is 219 cm³/mol. The number of benzene rings is 2. The fraction of sp³-hybridized carbons (Fsp3) is 0.350. The molecule has 56 heavy (non-hydrogen) atoms. The third kappa shape index (κ3) is 12.3. The van der Waals surface area contributed by atoms with Gasteiger partial charge in [0.2, 0.25) is 23.6 Å². The molecule has 6 amide bonds. The van der Waals surface area contributed by atoms with Gasteiger partial charge in [-0.05, 0) is 54.2 Å². The van der Waals surface area contributed by atoms with Crippen LogP contribution >= 0.6 is 12.6 Å². The number of pyridine rings is 1. The molecule has 16 heteroatoms. The van der Waals surface area contributed by atoms with Crippen molar-refractivity contribution >= 4 is 64.1 Å². The third-order valence-corrected chi connectivity index (χ3v) is 9.59. The summed E-state index contributed by atoms with van der Waals surface area (Å²) in [5.41, 5.74) is 10.1. The van der Waals surface area contributed by atoms with Crippen LogP contribution in [0.5, 0.6) is 0 Å².